The van der Waals surface area contributed by atoms with Gasteiger partial charge in [0, 0.05) is 5.92 Å². The van der Waals surface area contributed by atoms with Crippen molar-refractivity contribution in [1.82, 2.24) is 0 Å². The van der Waals surface area contributed by atoms with Gasteiger partial charge in [-0.3, -0.25) is 0 Å². The molecule has 0 atom stereocenters. The second kappa shape index (κ2) is 8.69. The molecule has 2 nitrogen and oxygen atoms in total. The third kappa shape index (κ3) is 4.23. The van der Waals surface area contributed by atoms with Gasteiger partial charge in [0.25, 0.3) is 0 Å². The lowest BCUT2D eigenvalue weighted by atomic mass is 9.86. The van der Waals surface area contributed by atoms with E-state index in [1.54, 1.807) is 6.26 Å². The fourth-order valence-corrected chi connectivity index (χ4v) is 2.38. The first-order chi connectivity index (χ1) is 10.9. The van der Waals surface area contributed by atoms with Crippen molar-refractivity contribution in [2.24, 2.45) is 0 Å². The smallest absolute Gasteiger partial charge is 0.0989 e. The summed E-state index contributed by atoms with van der Waals surface area (Å²) in [4.78, 5) is 0. The van der Waals surface area contributed by atoms with Gasteiger partial charge in [-0.25, -0.2) is 0 Å². The number of nitrogens with zero attached hydrogens (tertiary/aromatic N) is 1. The lowest BCUT2D eigenvalue weighted by molar-refractivity contribution is 0.241. The van der Waals surface area contributed by atoms with E-state index >= 15 is 0 Å². The molecule has 112 valence electrons. The van der Waals surface area contributed by atoms with E-state index in [-0.39, 0.29) is 5.92 Å². The summed E-state index contributed by atoms with van der Waals surface area (Å²) >= 11 is 0. The van der Waals surface area contributed by atoms with Crippen LogP contribution in [0, 0.1) is 11.3 Å². The number of benzene rings is 2. The van der Waals surface area contributed by atoms with Crippen LogP contribution in [-0.2, 0) is 4.74 Å². The van der Waals surface area contributed by atoms with Gasteiger partial charge in [-0.05, 0) is 17.5 Å². The van der Waals surface area contributed by atoms with Gasteiger partial charge in [0.2, 0.25) is 0 Å². The van der Waals surface area contributed by atoms with Crippen LogP contribution in [0.5, 0.6) is 0 Å². The first-order valence-corrected chi connectivity index (χ1v) is 7.68. The molecule has 0 spiro atoms. The second-order valence-electron chi connectivity index (χ2n) is 5.16. The van der Waals surface area contributed by atoms with E-state index in [0.717, 1.165) is 24.0 Å². The number of nitriles is 1. The van der Waals surface area contributed by atoms with Crippen LogP contribution in [-0.4, -0.2) is 6.61 Å². The zero-order valence-corrected chi connectivity index (χ0v) is 12.9. The summed E-state index contributed by atoms with van der Waals surface area (Å²) < 4.78 is 5.57. The minimum atomic E-state index is -0.0889. The lowest BCUT2D eigenvalue weighted by Crippen LogP contribution is -2.04. The van der Waals surface area contributed by atoms with E-state index in [4.69, 9.17) is 4.74 Å². The van der Waals surface area contributed by atoms with Gasteiger partial charge >= 0.3 is 0 Å². The quantitative estimate of drug-likeness (QED) is 0.406. The monoisotopic (exact) mass is 291 g/mol. The molecular weight excluding hydrogens is 270 g/mol. The van der Waals surface area contributed by atoms with Crippen LogP contribution in [0.25, 0.3) is 0 Å². The maximum atomic E-state index is 9.58. The zero-order chi connectivity index (χ0) is 15.6. The fraction of sp³-hybridized carbons (Fsp3) is 0.250. The van der Waals surface area contributed by atoms with Gasteiger partial charge in [0.1, 0.15) is 0 Å². The molecule has 0 bridgehead atoms. The normalized spacial score (nSPS) is 11.2. The molecule has 2 aromatic rings. The Labute approximate surface area is 132 Å². The maximum absolute atomic E-state index is 9.58. The van der Waals surface area contributed by atoms with Crippen molar-refractivity contribution >= 4 is 0 Å². The Morgan fingerprint density at radius 3 is 2.05 bits per heavy atom. The molecule has 0 saturated heterocycles. The average Bonchev–Trinajstić information content (AvgIpc) is 2.59. The molecule has 0 aliphatic heterocycles. The standard InChI is InChI=1S/C20H21NO/c1-2-3-14-22-16-19(15-21)20(17-10-6-4-7-11-17)18-12-8-5-9-13-18/h4-13,16,20H,2-3,14H2,1H3. The predicted molar refractivity (Wildman–Crippen MR) is 89.3 cm³/mol. The van der Waals surface area contributed by atoms with Crippen LogP contribution in [0.15, 0.2) is 72.5 Å². The Hall–Kier alpha value is -2.53. The molecule has 0 fully saturated rings. The number of allylic oxidation sites excluding steroid dienone is 1. The number of hydrogen-bond donors (Lipinski definition) is 0. The molecule has 22 heavy (non-hydrogen) atoms. The highest BCUT2D eigenvalue weighted by atomic mass is 16.5. The molecule has 0 N–H and O–H groups in total. The molecule has 0 unspecified atom stereocenters. The van der Waals surface area contributed by atoms with E-state index in [1.165, 1.54) is 0 Å². The number of hydrogen-bond acceptors (Lipinski definition) is 2. The summed E-state index contributed by atoms with van der Waals surface area (Å²) in [7, 11) is 0. The summed E-state index contributed by atoms with van der Waals surface area (Å²) in [6, 6.07) is 22.5. The van der Waals surface area contributed by atoms with Gasteiger partial charge in [-0.1, -0.05) is 74.0 Å². The summed E-state index contributed by atoms with van der Waals surface area (Å²) in [5.74, 6) is -0.0889. The van der Waals surface area contributed by atoms with Crippen molar-refractivity contribution in [1.29, 1.82) is 5.26 Å². The highest BCUT2D eigenvalue weighted by molar-refractivity contribution is 5.45. The van der Waals surface area contributed by atoms with Crippen molar-refractivity contribution in [3.8, 4) is 6.07 Å². The minimum Gasteiger partial charge on any atom is -0.500 e. The zero-order valence-electron chi connectivity index (χ0n) is 12.9. The molecule has 0 saturated carbocycles. The maximum Gasteiger partial charge on any atom is 0.0989 e. The van der Waals surface area contributed by atoms with Crippen molar-refractivity contribution in [2.45, 2.75) is 25.7 Å². The van der Waals surface area contributed by atoms with Crippen LogP contribution >= 0.6 is 0 Å². The van der Waals surface area contributed by atoms with Gasteiger partial charge in [0.15, 0.2) is 0 Å². The van der Waals surface area contributed by atoms with Crippen molar-refractivity contribution in [3.63, 3.8) is 0 Å². The molecule has 2 heteroatoms. The summed E-state index contributed by atoms with van der Waals surface area (Å²) in [5, 5.41) is 9.58. The summed E-state index contributed by atoms with van der Waals surface area (Å²) in [5.41, 5.74) is 2.83. The molecule has 0 aliphatic rings. The molecule has 0 aliphatic carbocycles. The van der Waals surface area contributed by atoms with Crippen LogP contribution in [0.3, 0.4) is 0 Å². The van der Waals surface area contributed by atoms with Crippen molar-refractivity contribution in [3.05, 3.63) is 83.6 Å². The fourth-order valence-electron chi connectivity index (χ4n) is 2.38. The van der Waals surface area contributed by atoms with E-state index < -0.39 is 0 Å². The lowest BCUT2D eigenvalue weighted by Gasteiger charge is -2.17. The van der Waals surface area contributed by atoms with E-state index in [2.05, 4.69) is 37.3 Å². The highest BCUT2D eigenvalue weighted by Crippen LogP contribution is 2.31. The van der Waals surface area contributed by atoms with Gasteiger partial charge in [0.05, 0.1) is 24.5 Å². The van der Waals surface area contributed by atoms with Crippen molar-refractivity contribution in [2.75, 3.05) is 6.61 Å². The minimum absolute atomic E-state index is 0.0889. The molecule has 0 radical (unpaired) electrons. The Balaban J connectivity index is 2.33. The molecular formula is C20H21NO. The first-order valence-electron chi connectivity index (χ1n) is 7.68. The Morgan fingerprint density at radius 2 is 1.59 bits per heavy atom. The third-order valence-corrected chi connectivity index (χ3v) is 3.53. The Kier molecular flexibility index (Phi) is 6.26. The highest BCUT2D eigenvalue weighted by Gasteiger charge is 2.19. The number of ether oxygens (including phenoxy) is 1. The largest absolute Gasteiger partial charge is 0.500 e. The van der Waals surface area contributed by atoms with E-state index in [0.29, 0.717) is 12.2 Å². The first kappa shape index (κ1) is 15.9. The second-order valence-corrected chi connectivity index (χ2v) is 5.16. The Morgan fingerprint density at radius 1 is 1.05 bits per heavy atom. The third-order valence-electron chi connectivity index (χ3n) is 3.53. The summed E-state index contributed by atoms with van der Waals surface area (Å²) in [6.07, 6.45) is 3.70. The van der Waals surface area contributed by atoms with Crippen molar-refractivity contribution < 1.29 is 4.74 Å². The molecule has 2 aromatic carbocycles. The SMILES string of the molecule is CCCCOC=C(C#N)C(c1ccccc1)c1ccccc1. The average molecular weight is 291 g/mol. The van der Waals surface area contributed by atoms with E-state index in [9.17, 15) is 5.26 Å². The molecule has 0 heterocycles. The van der Waals surface area contributed by atoms with Gasteiger partial charge in [-0.2, -0.15) is 5.26 Å². The molecule has 0 aromatic heterocycles. The Bertz CT molecular complexity index is 586. The summed E-state index contributed by atoms with van der Waals surface area (Å²) in [6.45, 7) is 2.77. The predicted octanol–water partition coefficient (Wildman–Crippen LogP) is 5.04. The van der Waals surface area contributed by atoms with E-state index in [1.807, 2.05) is 36.4 Å². The topological polar surface area (TPSA) is 33.0 Å². The molecule has 2 rings (SSSR count). The van der Waals surface area contributed by atoms with Crippen LogP contribution < -0.4 is 0 Å². The van der Waals surface area contributed by atoms with Crippen LogP contribution in [0.4, 0.5) is 0 Å². The van der Waals surface area contributed by atoms with Crippen LogP contribution in [0.1, 0.15) is 36.8 Å². The number of unbranched alkanes of at least 4 members (excludes halogenated alkanes) is 1. The van der Waals surface area contributed by atoms with Gasteiger partial charge < -0.3 is 4.74 Å². The number of rotatable bonds is 7. The van der Waals surface area contributed by atoms with Crippen LogP contribution in [0.2, 0.25) is 0 Å². The van der Waals surface area contributed by atoms with Gasteiger partial charge in [-0.15, -0.1) is 0 Å². The molecule has 0 amide bonds.